The van der Waals surface area contributed by atoms with E-state index in [1.165, 1.54) is 0 Å². The van der Waals surface area contributed by atoms with E-state index < -0.39 is 16.1 Å². The van der Waals surface area contributed by atoms with E-state index in [4.69, 9.17) is 9.97 Å². The van der Waals surface area contributed by atoms with Crippen LogP contribution in [-0.2, 0) is 24.3 Å². The fourth-order valence-corrected chi connectivity index (χ4v) is 6.04. The van der Waals surface area contributed by atoms with Gasteiger partial charge in [0.2, 0.25) is 0 Å². The second-order valence-electron chi connectivity index (χ2n) is 12.0. The van der Waals surface area contributed by atoms with Gasteiger partial charge in [0.1, 0.15) is 27.9 Å². The Balaban J connectivity index is 1.52. The van der Waals surface area contributed by atoms with Crippen LogP contribution in [-0.4, -0.2) is 53.0 Å². The Hall–Kier alpha value is -3.02. The lowest BCUT2D eigenvalue weighted by Gasteiger charge is -2.28. The maximum atomic E-state index is 13.9. The molecule has 40 heavy (non-hydrogen) atoms. The average Bonchev–Trinajstić information content (AvgIpc) is 3.61. The molecule has 11 heteroatoms. The van der Waals surface area contributed by atoms with Crippen LogP contribution in [0, 0.1) is 0 Å². The third-order valence-corrected chi connectivity index (χ3v) is 9.54. The molecule has 1 amide bonds. The number of hydrogen-bond acceptors (Lipinski definition) is 8. The van der Waals surface area contributed by atoms with Crippen molar-refractivity contribution < 1.29 is 9.35 Å². The molecule has 1 N–H and O–H groups in total. The maximum absolute atomic E-state index is 13.9. The standard InChI is InChI=1S/C29H40N8O2S/c1-9-19-13-14-24-32-33-27(37(19)24)22-11-10-12-23(30-22)36-16-21-20(28(36)38)15-25(35(8)17(2)3)31-26(21)18(4)34-40(39)29(5,6)7/h10-12,15,17-19,34H,9,13-14,16H2,1-8H3/t18?,19-,40-/m0/s1. The number of rotatable bonds is 8. The van der Waals surface area contributed by atoms with Gasteiger partial charge >= 0.3 is 0 Å². The van der Waals surface area contributed by atoms with Crippen molar-refractivity contribution in [2.45, 2.75) is 97.1 Å². The SMILES string of the molecule is CC[C@H]1CCc2nnc(-c3cccc(N4Cc5c(cc(N(C)C(C)C)nc5C(C)N[S@@+]([O-])C(C)(C)C)C4=O)n3)n21. The smallest absolute Gasteiger partial charge is 0.260 e. The lowest BCUT2D eigenvalue weighted by molar-refractivity contribution is 0.0996. The molecule has 0 bridgehead atoms. The molecule has 214 valence electrons. The monoisotopic (exact) mass is 564 g/mol. The minimum Gasteiger partial charge on any atom is -0.598 e. The first-order chi connectivity index (χ1) is 18.9. The molecule has 5 heterocycles. The fourth-order valence-electron chi connectivity index (χ4n) is 5.25. The second-order valence-corrected chi connectivity index (χ2v) is 14.0. The molecular formula is C29H40N8O2S. The normalized spacial score (nSPS) is 18.3. The first-order valence-corrected chi connectivity index (χ1v) is 15.2. The maximum Gasteiger partial charge on any atom is 0.260 e. The zero-order valence-electron chi connectivity index (χ0n) is 24.7. The summed E-state index contributed by atoms with van der Waals surface area (Å²) in [6, 6.07) is 7.79. The summed E-state index contributed by atoms with van der Waals surface area (Å²) in [6.07, 6.45) is 2.98. The van der Waals surface area contributed by atoms with E-state index in [0.29, 0.717) is 35.5 Å². The number of pyridine rings is 2. The Morgan fingerprint density at radius 1 is 1.20 bits per heavy atom. The number of aryl methyl sites for hydroxylation is 1. The van der Waals surface area contributed by atoms with Gasteiger partial charge in [-0.1, -0.05) is 13.0 Å². The molecule has 10 nitrogen and oxygen atoms in total. The predicted molar refractivity (Wildman–Crippen MR) is 159 cm³/mol. The lowest BCUT2D eigenvalue weighted by Crippen LogP contribution is -2.41. The van der Waals surface area contributed by atoms with Gasteiger partial charge in [0.15, 0.2) is 5.82 Å². The molecule has 2 aliphatic rings. The van der Waals surface area contributed by atoms with E-state index in [0.717, 1.165) is 42.2 Å². The summed E-state index contributed by atoms with van der Waals surface area (Å²) in [7, 11) is 1.97. The van der Waals surface area contributed by atoms with Gasteiger partial charge < -0.3 is 14.0 Å². The molecule has 0 saturated heterocycles. The van der Waals surface area contributed by atoms with Crippen molar-refractivity contribution in [3.05, 3.63) is 46.9 Å². The molecule has 3 aromatic rings. The summed E-state index contributed by atoms with van der Waals surface area (Å²) in [5.41, 5.74) is 2.86. The van der Waals surface area contributed by atoms with Gasteiger partial charge in [0.05, 0.1) is 23.8 Å². The number of amides is 1. The average molecular weight is 565 g/mol. The van der Waals surface area contributed by atoms with Crippen LogP contribution in [0.5, 0.6) is 0 Å². The molecule has 1 unspecified atom stereocenters. The number of nitrogens with one attached hydrogen (secondary N) is 1. The highest BCUT2D eigenvalue weighted by molar-refractivity contribution is 7.90. The van der Waals surface area contributed by atoms with Gasteiger partial charge in [0.25, 0.3) is 5.91 Å². The number of fused-ring (bicyclic) bond motifs is 2. The van der Waals surface area contributed by atoms with Gasteiger partial charge in [-0.15, -0.1) is 14.9 Å². The van der Waals surface area contributed by atoms with Gasteiger partial charge in [-0.05, 0) is 72.6 Å². The molecule has 3 atom stereocenters. The summed E-state index contributed by atoms with van der Waals surface area (Å²) in [5.74, 6) is 2.89. The third kappa shape index (κ3) is 5.10. The summed E-state index contributed by atoms with van der Waals surface area (Å²) in [4.78, 5) is 27.5. The van der Waals surface area contributed by atoms with Crippen LogP contribution in [0.25, 0.3) is 11.5 Å². The fraction of sp³-hybridized carbons (Fsp3) is 0.552. The molecule has 5 rings (SSSR count). The number of hydrogen-bond donors (Lipinski definition) is 1. The van der Waals surface area contributed by atoms with Crippen LogP contribution in [0.1, 0.15) is 101 Å². The van der Waals surface area contributed by atoms with Crippen LogP contribution in [0.2, 0.25) is 0 Å². The van der Waals surface area contributed by atoms with Crippen molar-refractivity contribution >= 4 is 28.9 Å². The number of carbonyl (C=O) groups is 1. The Labute approximate surface area is 239 Å². The molecule has 2 aliphatic heterocycles. The third-order valence-electron chi connectivity index (χ3n) is 7.86. The minimum atomic E-state index is -1.30. The molecule has 0 radical (unpaired) electrons. The summed E-state index contributed by atoms with van der Waals surface area (Å²) >= 11 is -1.30. The first kappa shape index (κ1) is 28.5. The molecule has 0 aromatic carbocycles. The van der Waals surface area contributed by atoms with E-state index in [2.05, 4.69) is 40.3 Å². The highest BCUT2D eigenvalue weighted by Crippen LogP contribution is 2.36. The Morgan fingerprint density at radius 2 is 1.95 bits per heavy atom. The lowest BCUT2D eigenvalue weighted by atomic mass is 10.0. The van der Waals surface area contributed by atoms with Crippen molar-refractivity contribution in [3.8, 4) is 11.5 Å². The van der Waals surface area contributed by atoms with Crippen LogP contribution < -0.4 is 14.5 Å². The Morgan fingerprint density at radius 3 is 2.62 bits per heavy atom. The van der Waals surface area contributed by atoms with Gasteiger partial charge in [-0.25, -0.2) is 9.97 Å². The second kappa shape index (κ2) is 10.8. The van der Waals surface area contributed by atoms with E-state index in [9.17, 15) is 9.35 Å². The molecular weight excluding hydrogens is 524 g/mol. The summed E-state index contributed by atoms with van der Waals surface area (Å²) in [5, 5.41) is 8.86. The van der Waals surface area contributed by atoms with E-state index in [1.54, 1.807) is 4.90 Å². The molecule has 0 saturated carbocycles. The summed E-state index contributed by atoms with van der Waals surface area (Å²) < 4.78 is 17.9. The van der Waals surface area contributed by atoms with Crippen molar-refractivity contribution in [2.24, 2.45) is 0 Å². The number of anilines is 2. The molecule has 0 fully saturated rings. The minimum absolute atomic E-state index is 0.122. The summed E-state index contributed by atoms with van der Waals surface area (Å²) in [6.45, 7) is 14.4. The number of aromatic nitrogens is 5. The van der Waals surface area contributed by atoms with E-state index in [1.807, 2.05) is 63.9 Å². The van der Waals surface area contributed by atoms with Gasteiger partial charge in [-0.3, -0.25) is 9.69 Å². The van der Waals surface area contributed by atoms with Crippen LogP contribution in [0.4, 0.5) is 11.6 Å². The van der Waals surface area contributed by atoms with Crippen molar-refractivity contribution in [3.63, 3.8) is 0 Å². The highest BCUT2D eigenvalue weighted by atomic mass is 32.2. The number of nitrogens with zero attached hydrogens (tertiary/aromatic N) is 7. The van der Waals surface area contributed by atoms with Crippen molar-refractivity contribution in [1.29, 1.82) is 0 Å². The molecule has 0 aliphatic carbocycles. The van der Waals surface area contributed by atoms with Crippen LogP contribution >= 0.6 is 0 Å². The Kier molecular flexibility index (Phi) is 7.66. The van der Waals surface area contributed by atoms with Gasteiger partial charge in [-0.2, -0.15) is 0 Å². The first-order valence-electron chi connectivity index (χ1n) is 14.1. The zero-order chi connectivity index (χ0) is 28.9. The van der Waals surface area contributed by atoms with E-state index >= 15 is 0 Å². The largest absolute Gasteiger partial charge is 0.598 e. The quantitative estimate of drug-likeness (QED) is 0.390. The zero-order valence-corrected chi connectivity index (χ0v) is 25.5. The Bertz CT molecular complexity index is 1420. The van der Waals surface area contributed by atoms with Crippen LogP contribution in [0.3, 0.4) is 0 Å². The predicted octanol–water partition coefficient (Wildman–Crippen LogP) is 4.75. The molecule has 3 aromatic heterocycles. The molecule has 0 spiro atoms. The van der Waals surface area contributed by atoms with Crippen molar-refractivity contribution in [2.75, 3.05) is 16.8 Å². The highest BCUT2D eigenvalue weighted by Gasteiger charge is 2.37. The van der Waals surface area contributed by atoms with E-state index in [-0.39, 0.29) is 18.0 Å². The van der Waals surface area contributed by atoms with Gasteiger partial charge in [0, 0.05) is 42.5 Å². The number of carbonyl (C=O) groups excluding carboxylic acids is 1. The van der Waals surface area contributed by atoms with Crippen LogP contribution in [0.15, 0.2) is 24.3 Å². The topological polar surface area (TPSA) is 115 Å². The van der Waals surface area contributed by atoms with Crippen molar-refractivity contribution in [1.82, 2.24) is 29.5 Å².